The predicted octanol–water partition coefficient (Wildman–Crippen LogP) is 2.84. The van der Waals surface area contributed by atoms with Crippen LogP contribution in [0.25, 0.3) is 0 Å². The third-order valence-electron chi connectivity index (χ3n) is 3.58. The first-order valence-electron chi connectivity index (χ1n) is 6.24. The first kappa shape index (κ1) is 11.8. The van der Waals surface area contributed by atoms with Crippen molar-refractivity contribution < 1.29 is 0 Å². The van der Waals surface area contributed by atoms with Gasteiger partial charge in [-0.05, 0) is 18.8 Å². The van der Waals surface area contributed by atoms with Gasteiger partial charge in [0.05, 0.1) is 13.8 Å². The molecule has 0 aliphatic heterocycles. The lowest BCUT2D eigenvalue weighted by Crippen LogP contribution is -2.28. The first-order valence-corrected chi connectivity index (χ1v) is 9.95. The van der Waals surface area contributed by atoms with Crippen molar-refractivity contribution in [1.29, 1.82) is 0 Å². The second-order valence-corrected chi connectivity index (χ2v) is 12.1. The molecule has 1 heterocycles. The van der Waals surface area contributed by atoms with Crippen molar-refractivity contribution >= 4 is 8.07 Å². The van der Waals surface area contributed by atoms with E-state index in [9.17, 15) is 0 Å². The molecule has 1 aliphatic carbocycles. The molecule has 4 heteroatoms. The van der Waals surface area contributed by atoms with Gasteiger partial charge in [0.1, 0.15) is 0 Å². The summed E-state index contributed by atoms with van der Waals surface area (Å²) in [6, 6.07) is 0. The van der Waals surface area contributed by atoms with Gasteiger partial charge in [-0.15, -0.1) is 5.10 Å². The van der Waals surface area contributed by atoms with Crippen LogP contribution in [-0.2, 0) is 11.6 Å². The van der Waals surface area contributed by atoms with E-state index in [0.717, 1.165) is 6.17 Å². The Morgan fingerprint density at radius 1 is 1.38 bits per heavy atom. The minimum absolute atomic E-state index is 0.359. The zero-order valence-electron chi connectivity index (χ0n) is 11.1. The lowest BCUT2D eigenvalue weighted by molar-refractivity contribution is 0.469. The second kappa shape index (κ2) is 3.69. The minimum Gasteiger partial charge on any atom is -0.255 e. The molecular weight excluding hydrogens is 214 g/mol. The third-order valence-corrected chi connectivity index (χ3v) is 4.85. The highest BCUT2D eigenvalue weighted by Crippen LogP contribution is 2.52. The molecule has 16 heavy (non-hydrogen) atoms. The Kier molecular flexibility index (Phi) is 2.73. The molecular formula is C12H23N3Si. The summed E-state index contributed by atoms with van der Waals surface area (Å²) in [4.78, 5) is 0. The fourth-order valence-electron chi connectivity index (χ4n) is 2.35. The maximum atomic E-state index is 4.39. The van der Waals surface area contributed by atoms with Crippen molar-refractivity contribution in [1.82, 2.24) is 15.0 Å². The maximum absolute atomic E-state index is 4.39. The lowest BCUT2D eigenvalue weighted by Gasteiger charge is -2.16. The monoisotopic (exact) mass is 237 g/mol. The van der Waals surface area contributed by atoms with Gasteiger partial charge >= 0.3 is 0 Å². The molecule has 0 N–H and O–H groups in total. The quantitative estimate of drug-likeness (QED) is 0.754. The second-order valence-electron chi connectivity index (χ2n) is 6.67. The van der Waals surface area contributed by atoms with Crippen LogP contribution in [0.15, 0.2) is 6.20 Å². The predicted molar refractivity (Wildman–Crippen MR) is 69.1 cm³/mol. The molecule has 0 spiro atoms. The van der Waals surface area contributed by atoms with E-state index in [0.29, 0.717) is 11.3 Å². The van der Waals surface area contributed by atoms with Crippen molar-refractivity contribution in [3.8, 4) is 0 Å². The molecule has 0 amide bonds. The molecule has 1 fully saturated rings. The number of rotatable bonds is 4. The van der Waals surface area contributed by atoms with E-state index in [2.05, 4.69) is 54.7 Å². The van der Waals surface area contributed by atoms with E-state index < -0.39 is 8.07 Å². The molecule has 0 saturated heterocycles. The molecule has 0 bridgehead atoms. The Labute approximate surface area is 99.3 Å². The highest BCUT2D eigenvalue weighted by molar-refractivity contribution is 6.74. The average Bonchev–Trinajstić information content (AvgIpc) is 2.81. The van der Waals surface area contributed by atoms with Gasteiger partial charge in [0.25, 0.3) is 0 Å². The van der Waals surface area contributed by atoms with Crippen LogP contribution in [0.3, 0.4) is 0 Å². The maximum Gasteiger partial charge on any atom is 0.0891 e. The summed E-state index contributed by atoms with van der Waals surface area (Å²) in [5, 5.41) is 8.68. The fraction of sp³-hybridized carbons (Fsp3) is 0.833. The minimum atomic E-state index is -1.09. The Morgan fingerprint density at radius 3 is 2.44 bits per heavy atom. The summed E-state index contributed by atoms with van der Waals surface area (Å²) >= 11 is 0. The molecule has 0 aromatic carbocycles. The zero-order chi connectivity index (χ0) is 12.0. The molecule has 2 rings (SSSR count). The van der Waals surface area contributed by atoms with Crippen molar-refractivity contribution in [3.63, 3.8) is 0 Å². The van der Waals surface area contributed by atoms with Crippen molar-refractivity contribution in [3.05, 3.63) is 11.9 Å². The summed E-state index contributed by atoms with van der Waals surface area (Å²) in [5.41, 5.74) is 1.58. The molecule has 3 nitrogen and oxygen atoms in total. The van der Waals surface area contributed by atoms with Gasteiger partial charge in [0, 0.05) is 17.8 Å². The van der Waals surface area contributed by atoms with Gasteiger partial charge in [-0.1, -0.05) is 38.7 Å². The average molecular weight is 237 g/mol. The smallest absolute Gasteiger partial charge is 0.0891 e. The van der Waals surface area contributed by atoms with Gasteiger partial charge in [0.15, 0.2) is 0 Å². The van der Waals surface area contributed by atoms with E-state index in [-0.39, 0.29) is 0 Å². The summed E-state index contributed by atoms with van der Waals surface area (Å²) in [5.74, 6) is 0.685. The largest absolute Gasteiger partial charge is 0.255 e. The topological polar surface area (TPSA) is 30.7 Å². The van der Waals surface area contributed by atoms with Gasteiger partial charge in [-0.3, -0.25) is 4.68 Å². The molecule has 1 aromatic rings. The van der Waals surface area contributed by atoms with Crippen LogP contribution in [0.5, 0.6) is 0 Å². The van der Waals surface area contributed by atoms with Gasteiger partial charge in [-0.25, -0.2) is 0 Å². The first-order chi connectivity index (χ1) is 7.33. The Hall–Kier alpha value is -0.643. The Bertz CT molecular complexity index is 372. The molecule has 0 atom stereocenters. The SMILES string of the molecule is CC(C)C1(c2cn(C[Si](C)(C)C)nn2)CC1. The highest BCUT2D eigenvalue weighted by atomic mass is 28.3. The molecule has 0 unspecified atom stereocenters. The van der Waals surface area contributed by atoms with Crippen molar-refractivity contribution in [2.45, 2.75) is 57.9 Å². The van der Waals surface area contributed by atoms with Crippen LogP contribution in [0, 0.1) is 5.92 Å². The lowest BCUT2D eigenvalue weighted by atomic mass is 9.90. The highest BCUT2D eigenvalue weighted by Gasteiger charge is 2.49. The van der Waals surface area contributed by atoms with Crippen LogP contribution in [0.4, 0.5) is 0 Å². The summed E-state index contributed by atoms with van der Waals surface area (Å²) < 4.78 is 2.06. The summed E-state index contributed by atoms with van der Waals surface area (Å²) in [6.45, 7) is 11.7. The fourth-order valence-corrected chi connectivity index (χ4v) is 3.48. The molecule has 1 aliphatic rings. The number of hydrogen-bond acceptors (Lipinski definition) is 2. The number of aromatic nitrogens is 3. The normalized spacial score (nSPS) is 19.1. The number of hydrogen-bond donors (Lipinski definition) is 0. The molecule has 1 aromatic heterocycles. The Balaban J connectivity index is 2.14. The van der Waals surface area contributed by atoms with E-state index in [1.807, 2.05) is 0 Å². The van der Waals surface area contributed by atoms with Gasteiger partial charge in [-0.2, -0.15) is 0 Å². The summed E-state index contributed by atoms with van der Waals surface area (Å²) in [7, 11) is -1.09. The standard InChI is InChI=1S/C12H23N3Si/c1-10(2)12(6-7-12)11-8-15(14-13-11)9-16(3,4)5/h8,10H,6-7,9H2,1-5H3. The zero-order valence-corrected chi connectivity index (χ0v) is 12.1. The molecule has 90 valence electrons. The van der Waals surface area contributed by atoms with Crippen molar-refractivity contribution in [2.75, 3.05) is 0 Å². The van der Waals surface area contributed by atoms with E-state index in [1.165, 1.54) is 18.5 Å². The number of nitrogens with zero attached hydrogens (tertiary/aromatic N) is 3. The van der Waals surface area contributed by atoms with Crippen LogP contribution < -0.4 is 0 Å². The van der Waals surface area contributed by atoms with Gasteiger partial charge < -0.3 is 0 Å². The van der Waals surface area contributed by atoms with Gasteiger partial charge in [0.2, 0.25) is 0 Å². The Morgan fingerprint density at radius 2 is 2.00 bits per heavy atom. The van der Waals surface area contributed by atoms with Crippen LogP contribution in [0.1, 0.15) is 32.4 Å². The third kappa shape index (κ3) is 2.21. The van der Waals surface area contributed by atoms with E-state index >= 15 is 0 Å². The van der Waals surface area contributed by atoms with Crippen LogP contribution in [-0.4, -0.2) is 23.1 Å². The van der Waals surface area contributed by atoms with E-state index in [1.54, 1.807) is 0 Å². The van der Waals surface area contributed by atoms with E-state index in [4.69, 9.17) is 0 Å². The van der Waals surface area contributed by atoms with Crippen molar-refractivity contribution in [2.24, 2.45) is 5.92 Å². The molecule has 1 saturated carbocycles. The van der Waals surface area contributed by atoms with Crippen LogP contribution >= 0.6 is 0 Å². The summed E-state index contributed by atoms with van der Waals surface area (Å²) in [6.07, 6.45) is 5.84. The van der Waals surface area contributed by atoms with Crippen LogP contribution in [0.2, 0.25) is 19.6 Å². The molecule has 0 radical (unpaired) electrons.